The van der Waals surface area contributed by atoms with Crippen molar-refractivity contribution in [2.24, 2.45) is 7.05 Å². The number of aromatic nitrogens is 4. The van der Waals surface area contributed by atoms with E-state index in [-0.39, 0.29) is 5.69 Å². The third-order valence-electron chi connectivity index (χ3n) is 3.88. The highest BCUT2D eigenvalue weighted by Crippen LogP contribution is 2.28. The van der Waals surface area contributed by atoms with Crippen molar-refractivity contribution in [2.75, 3.05) is 0 Å². The van der Waals surface area contributed by atoms with Crippen LogP contribution in [-0.4, -0.2) is 30.6 Å². The van der Waals surface area contributed by atoms with E-state index in [2.05, 4.69) is 16.8 Å². The molecule has 0 atom stereocenters. The highest BCUT2D eigenvalue weighted by Gasteiger charge is 2.21. The second-order valence-corrected chi connectivity index (χ2v) is 6.53. The monoisotopic (exact) mass is 384 g/mol. The molecule has 0 spiro atoms. The van der Waals surface area contributed by atoms with Gasteiger partial charge in [-0.2, -0.15) is 21.5 Å². The molecule has 3 rings (SSSR count). The van der Waals surface area contributed by atoms with Crippen molar-refractivity contribution in [3.63, 3.8) is 0 Å². The molecule has 142 valence electrons. The van der Waals surface area contributed by atoms with Gasteiger partial charge in [0.2, 0.25) is 0 Å². The smallest absolute Gasteiger partial charge is 0.356 e. The zero-order valence-corrected chi connectivity index (χ0v) is 17.0. The van der Waals surface area contributed by atoms with Crippen molar-refractivity contribution in [3.05, 3.63) is 64.4 Å². The maximum Gasteiger partial charge on any atom is 0.356 e. The van der Waals surface area contributed by atoms with Crippen LogP contribution in [0, 0.1) is 6.92 Å². The molecule has 7 heteroatoms. The van der Waals surface area contributed by atoms with Crippen LogP contribution < -0.4 is 0 Å². The Kier molecular flexibility index (Phi) is 6.52. The number of aromatic carboxylic acids is 1. The van der Waals surface area contributed by atoms with Crippen molar-refractivity contribution < 1.29 is 9.90 Å². The van der Waals surface area contributed by atoms with Gasteiger partial charge in [-0.1, -0.05) is 20.4 Å². The van der Waals surface area contributed by atoms with Gasteiger partial charge in [-0.05, 0) is 48.6 Å². The van der Waals surface area contributed by atoms with Gasteiger partial charge in [-0.15, -0.1) is 0 Å². The average molecular weight is 385 g/mol. The molecule has 0 unspecified atom stereocenters. The maximum absolute atomic E-state index is 11.5. The Morgan fingerprint density at radius 1 is 1.30 bits per heavy atom. The molecule has 1 N–H and O–H groups in total. The Hall–Kier alpha value is -2.93. The Morgan fingerprint density at radius 3 is 2.52 bits per heavy atom. The van der Waals surface area contributed by atoms with Crippen molar-refractivity contribution >= 4 is 28.5 Å². The van der Waals surface area contributed by atoms with Crippen LogP contribution in [0.4, 0.5) is 0 Å². The number of rotatable bonds is 5. The molecule has 0 radical (unpaired) electrons. The lowest BCUT2D eigenvalue weighted by Gasteiger charge is -2.08. The summed E-state index contributed by atoms with van der Waals surface area (Å²) >= 11 is 1.53. The van der Waals surface area contributed by atoms with Gasteiger partial charge in [0.25, 0.3) is 0 Å². The normalized spacial score (nSPS) is 11.1. The third kappa shape index (κ3) is 4.25. The second-order valence-electron chi connectivity index (χ2n) is 5.75. The molecule has 0 aliphatic heterocycles. The zero-order chi connectivity index (χ0) is 20.1. The minimum atomic E-state index is -1.04. The summed E-state index contributed by atoms with van der Waals surface area (Å²) in [6, 6.07) is 3.80. The first-order chi connectivity index (χ1) is 12.9. The van der Waals surface area contributed by atoms with E-state index in [4.69, 9.17) is 0 Å². The van der Waals surface area contributed by atoms with E-state index >= 15 is 0 Å². The van der Waals surface area contributed by atoms with Crippen molar-refractivity contribution in [3.8, 4) is 5.69 Å². The fourth-order valence-corrected chi connectivity index (χ4v) is 3.33. The van der Waals surface area contributed by atoms with Crippen LogP contribution in [0.1, 0.15) is 48.2 Å². The fraction of sp³-hybridized carbons (Fsp3) is 0.250. The minimum Gasteiger partial charge on any atom is -0.476 e. The lowest BCUT2D eigenvalue weighted by molar-refractivity contribution is 0.0689. The van der Waals surface area contributed by atoms with E-state index in [1.165, 1.54) is 11.3 Å². The molecule has 0 amide bonds. The van der Waals surface area contributed by atoms with Crippen LogP contribution in [0.2, 0.25) is 0 Å². The number of aryl methyl sites for hydroxylation is 1. The molecule has 0 saturated heterocycles. The molecule has 0 fully saturated rings. The Morgan fingerprint density at radius 2 is 2.00 bits per heavy atom. The van der Waals surface area contributed by atoms with Gasteiger partial charge in [-0.25, -0.2) is 9.48 Å². The molecule has 0 aliphatic rings. The summed E-state index contributed by atoms with van der Waals surface area (Å²) in [4.78, 5) is 11.5. The average Bonchev–Trinajstić information content (AvgIpc) is 3.35. The molecule has 0 saturated carbocycles. The number of thiophene rings is 1. The molecule has 3 heterocycles. The molecule has 0 bridgehead atoms. The Balaban J connectivity index is 0.00000126. The molecule has 0 aliphatic carbocycles. The predicted octanol–water partition coefficient (Wildman–Crippen LogP) is 4.82. The molecule has 27 heavy (non-hydrogen) atoms. The number of carboxylic acid groups (broad SMARTS) is 1. The fourth-order valence-electron chi connectivity index (χ4n) is 2.72. The van der Waals surface area contributed by atoms with E-state index in [1.54, 1.807) is 16.3 Å². The highest BCUT2D eigenvalue weighted by atomic mass is 32.1. The van der Waals surface area contributed by atoms with E-state index in [9.17, 15) is 9.90 Å². The van der Waals surface area contributed by atoms with E-state index in [1.807, 2.05) is 63.0 Å². The number of hydrogen-bond donors (Lipinski definition) is 1. The predicted molar refractivity (Wildman–Crippen MR) is 110 cm³/mol. The van der Waals surface area contributed by atoms with Gasteiger partial charge in [0.15, 0.2) is 5.69 Å². The quantitative estimate of drug-likeness (QED) is 0.640. The molecule has 0 aromatic carbocycles. The summed E-state index contributed by atoms with van der Waals surface area (Å²) in [7, 11) is 1.85. The van der Waals surface area contributed by atoms with Crippen LogP contribution in [0.15, 0.2) is 41.7 Å². The van der Waals surface area contributed by atoms with Gasteiger partial charge in [0.1, 0.15) is 0 Å². The Labute approximate surface area is 163 Å². The molecule has 3 aromatic heterocycles. The lowest BCUT2D eigenvalue weighted by Crippen LogP contribution is -2.02. The minimum absolute atomic E-state index is 0.0531. The lowest BCUT2D eigenvalue weighted by atomic mass is 10.0. The summed E-state index contributed by atoms with van der Waals surface area (Å²) in [5.74, 6) is -1.04. The maximum atomic E-state index is 11.5. The second kappa shape index (κ2) is 8.64. The largest absolute Gasteiger partial charge is 0.476 e. The van der Waals surface area contributed by atoms with Gasteiger partial charge >= 0.3 is 5.97 Å². The third-order valence-corrected chi connectivity index (χ3v) is 4.55. The summed E-state index contributed by atoms with van der Waals surface area (Å²) in [5.41, 5.74) is 4.68. The number of carboxylic acids is 1. The topological polar surface area (TPSA) is 72.9 Å². The van der Waals surface area contributed by atoms with E-state index < -0.39 is 5.97 Å². The first-order valence-corrected chi connectivity index (χ1v) is 9.56. The van der Waals surface area contributed by atoms with Gasteiger partial charge in [-0.3, -0.25) is 4.68 Å². The highest BCUT2D eigenvalue weighted by molar-refractivity contribution is 7.08. The summed E-state index contributed by atoms with van der Waals surface area (Å²) in [5, 5.41) is 21.9. The SMILES string of the molecule is C=C(/C=C(\C)c1c(C)c(C(=O)O)nn1-c1ccsc1)c1ccn(C)n1.CC. The standard InChI is InChI=1S/C18H18N4O2S.C2H6/c1-11(15-5-7-21(4)19-15)9-12(2)17-13(3)16(18(23)24)20-22(17)14-6-8-25-10-14;1-2/h5-10H,1H2,2-4H3,(H,23,24);1-2H3/b12-9+;. The number of hydrogen-bond acceptors (Lipinski definition) is 4. The summed E-state index contributed by atoms with van der Waals surface area (Å²) in [6.45, 7) is 11.8. The van der Waals surface area contributed by atoms with Gasteiger partial charge < -0.3 is 5.11 Å². The van der Waals surface area contributed by atoms with Crippen LogP contribution in [0.25, 0.3) is 16.8 Å². The van der Waals surface area contributed by atoms with Crippen LogP contribution in [0.3, 0.4) is 0 Å². The first-order valence-electron chi connectivity index (χ1n) is 8.61. The van der Waals surface area contributed by atoms with Crippen molar-refractivity contribution in [2.45, 2.75) is 27.7 Å². The molecule has 6 nitrogen and oxygen atoms in total. The number of allylic oxidation sites excluding steroid dienone is 3. The van der Waals surface area contributed by atoms with E-state index in [0.717, 1.165) is 28.2 Å². The van der Waals surface area contributed by atoms with Crippen molar-refractivity contribution in [1.29, 1.82) is 0 Å². The number of carbonyl (C=O) groups is 1. The Bertz CT molecular complexity index is 978. The first kappa shape index (κ1) is 20.4. The van der Waals surface area contributed by atoms with Crippen LogP contribution in [0.5, 0.6) is 0 Å². The van der Waals surface area contributed by atoms with Crippen molar-refractivity contribution in [1.82, 2.24) is 19.6 Å². The molecular weight excluding hydrogens is 360 g/mol. The van der Waals surface area contributed by atoms with Crippen LogP contribution >= 0.6 is 11.3 Å². The van der Waals surface area contributed by atoms with Gasteiger partial charge in [0.05, 0.1) is 17.1 Å². The molecule has 3 aromatic rings. The summed E-state index contributed by atoms with van der Waals surface area (Å²) < 4.78 is 3.39. The van der Waals surface area contributed by atoms with E-state index in [0.29, 0.717) is 5.56 Å². The zero-order valence-electron chi connectivity index (χ0n) is 16.2. The number of nitrogens with zero attached hydrogens (tertiary/aromatic N) is 4. The summed E-state index contributed by atoms with van der Waals surface area (Å²) in [6.07, 6.45) is 3.76. The van der Waals surface area contributed by atoms with Gasteiger partial charge in [0, 0.05) is 24.2 Å². The van der Waals surface area contributed by atoms with Crippen LogP contribution in [-0.2, 0) is 7.05 Å². The molecular formula is C20H24N4O2S.